The van der Waals surface area contributed by atoms with Crippen LogP contribution < -0.4 is 5.32 Å². The number of halogens is 1. The number of guanidine groups is 1. The Kier molecular flexibility index (Phi) is 9.59. The summed E-state index contributed by atoms with van der Waals surface area (Å²) in [7, 11) is 0. The maximum atomic E-state index is 4.99. The Balaban J connectivity index is 0.00000264. The van der Waals surface area contributed by atoms with E-state index < -0.39 is 0 Å². The lowest BCUT2D eigenvalue weighted by atomic mass is 9.98. The molecule has 0 bridgehead atoms. The Labute approximate surface area is 164 Å². The lowest BCUT2D eigenvalue weighted by Crippen LogP contribution is -2.51. The maximum Gasteiger partial charge on any atom is 0.193 e. The van der Waals surface area contributed by atoms with Crippen LogP contribution in [0.4, 0.5) is 0 Å². The molecule has 0 aromatic carbocycles. The molecule has 4 nitrogen and oxygen atoms in total. The molecule has 136 valence electrons. The lowest BCUT2D eigenvalue weighted by Gasteiger charge is -2.39. The normalized spacial score (nSPS) is 25.8. The summed E-state index contributed by atoms with van der Waals surface area (Å²) in [5.74, 6) is 3.06. The van der Waals surface area contributed by atoms with E-state index in [1.807, 2.05) is 0 Å². The number of piperidine rings is 1. The number of aliphatic imine (C=N–C) groups is 1. The van der Waals surface area contributed by atoms with Crippen LogP contribution in [-0.4, -0.2) is 72.1 Å². The van der Waals surface area contributed by atoms with Crippen LogP contribution in [0, 0.1) is 5.92 Å². The van der Waals surface area contributed by atoms with Gasteiger partial charge in [-0.25, -0.2) is 0 Å². The fraction of sp³-hybridized carbons (Fsp3) is 0.941. The van der Waals surface area contributed by atoms with Gasteiger partial charge in [0.2, 0.25) is 0 Å². The zero-order valence-electron chi connectivity index (χ0n) is 15.3. The van der Waals surface area contributed by atoms with Gasteiger partial charge in [-0.15, -0.1) is 24.0 Å². The Hall–Kier alpha value is 0.310. The van der Waals surface area contributed by atoms with Crippen LogP contribution in [0.1, 0.15) is 40.5 Å². The summed E-state index contributed by atoms with van der Waals surface area (Å²) in [6, 6.07) is 0. The number of rotatable bonds is 4. The van der Waals surface area contributed by atoms with Crippen LogP contribution in [0.25, 0.3) is 0 Å². The minimum absolute atomic E-state index is 0. The van der Waals surface area contributed by atoms with E-state index in [-0.39, 0.29) is 24.0 Å². The highest BCUT2D eigenvalue weighted by atomic mass is 127. The molecule has 2 aliphatic heterocycles. The molecule has 2 saturated heterocycles. The minimum atomic E-state index is 0. The third-order valence-electron chi connectivity index (χ3n) is 4.61. The summed E-state index contributed by atoms with van der Waals surface area (Å²) in [6.45, 7) is 16.9. The molecule has 1 unspecified atom stereocenters. The highest BCUT2D eigenvalue weighted by Crippen LogP contribution is 2.29. The number of thioether (sulfide) groups is 1. The van der Waals surface area contributed by atoms with E-state index in [2.05, 4.69) is 54.6 Å². The zero-order chi connectivity index (χ0) is 16.0. The van der Waals surface area contributed by atoms with Gasteiger partial charge in [0, 0.05) is 43.2 Å². The number of hydrogen-bond donors (Lipinski definition) is 1. The molecule has 0 aliphatic carbocycles. The number of nitrogens with zero attached hydrogens (tertiary/aromatic N) is 3. The van der Waals surface area contributed by atoms with Crippen molar-refractivity contribution in [1.29, 1.82) is 0 Å². The van der Waals surface area contributed by atoms with Crippen molar-refractivity contribution < 1.29 is 0 Å². The van der Waals surface area contributed by atoms with Crippen molar-refractivity contribution >= 4 is 41.7 Å². The molecule has 2 rings (SSSR count). The first-order valence-corrected chi connectivity index (χ1v) is 9.92. The van der Waals surface area contributed by atoms with Crippen LogP contribution in [0.3, 0.4) is 0 Å². The van der Waals surface area contributed by atoms with Crippen LogP contribution in [0.5, 0.6) is 0 Å². The summed E-state index contributed by atoms with van der Waals surface area (Å²) in [6.07, 6.45) is 2.67. The Bertz CT molecular complexity index is 376. The number of nitrogens with one attached hydrogen (secondary N) is 1. The summed E-state index contributed by atoms with van der Waals surface area (Å²) >= 11 is 2.08. The Morgan fingerprint density at radius 1 is 1.30 bits per heavy atom. The van der Waals surface area contributed by atoms with Gasteiger partial charge in [0.15, 0.2) is 5.96 Å². The van der Waals surface area contributed by atoms with Crippen molar-refractivity contribution in [2.75, 3.05) is 51.6 Å². The van der Waals surface area contributed by atoms with Crippen molar-refractivity contribution in [3.05, 3.63) is 0 Å². The van der Waals surface area contributed by atoms with Crippen LogP contribution in [0.2, 0.25) is 0 Å². The second kappa shape index (κ2) is 10.3. The van der Waals surface area contributed by atoms with Crippen molar-refractivity contribution in [2.45, 2.75) is 45.3 Å². The molecular weight excluding hydrogens is 419 g/mol. The van der Waals surface area contributed by atoms with E-state index in [0.29, 0.717) is 4.75 Å². The molecule has 2 fully saturated rings. The summed E-state index contributed by atoms with van der Waals surface area (Å²) in [5, 5.41) is 3.51. The Morgan fingerprint density at radius 3 is 2.74 bits per heavy atom. The zero-order valence-corrected chi connectivity index (χ0v) is 18.5. The minimum Gasteiger partial charge on any atom is -0.357 e. The maximum absolute atomic E-state index is 4.99. The molecule has 1 atom stereocenters. The van der Waals surface area contributed by atoms with Gasteiger partial charge in [-0.3, -0.25) is 4.99 Å². The predicted molar refractivity (Wildman–Crippen MR) is 114 cm³/mol. The molecule has 6 heteroatoms. The second-order valence-corrected chi connectivity index (χ2v) is 8.93. The first kappa shape index (κ1) is 21.4. The van der Waals surface area contributed by atoms with Gasteiger partial charge >= 0.3 is 0 Å². The molecule has 0 spiro atoms. The molecule has 0 amide bonds. The molecular formula is C17H35IN4S. The van der Waals surface area contributed by atoms with Gasteiger partial charge in [0.05, 0.1) is 0 Å². The largest absolute Gasteiger partial charge is 0.357 e. The van der Waals surface area contributed by atoms with E-state index >= 15 is 0 Å². The first-order valence-electron chi connectivity index (χ1n) is 8.93. The van der Waals surface area contributed by atoms with Crippen molar-refractivity contribution in [3.63, 3.8) is 0 Å². The van der Waals surface area contributed by atoms with E-state index in [0.717, 1.165) is 38.1 Å². The number of likely N-dealkylation sites (tertiary alicyclic amines) is 1. The standard InChI is InChI=1S/C17H34N4S.HI/c1-5-18-16(21-10-11-22-17(3,4)14-21)19-12-15-8-7-9-20(6-2)13-15;/h15H,5-14H2,1-4H3,(H,18,19);1H. The summed E-state index contributed by atoms with van der Waals surface area (Å²) in [4.78, 5) is 10.0. The van der Waals surface area contributed by atoms with Gasteiger partial charge in [0.1, 0.15) is 0 Å². The number of hydrogen-bond acceptors (Lipinski definition) is 3. The van der Waals surface area contributed by atoms with Crippen molar-refractivity contribution in [1.82, 2.24) is 15.1 Å². The van der Waals surface area contributed by atoms with Crippen molar-refractivity contribution in [2.24, 2.45) is 10.9 Å². The van der Waals surface area contributed by atoms with Crippen LogP contribution in [-0.2, 0) is 0 Å². The molecule has 0 saturated carbocycles. The highest BCUT2D eigenvalue weighted by molar-refractivity contribution is 14.0. The summed E-state index contributed by atoms with van der Waals surface area (Å²) in [5.41, 5.74) is 0. The fourth-order valence-electron chi connectivity index (χ4n) is 3.43. The molecule has 23 heavy (non-hydrogen) atoms. The molecule has 1 N–H and O–H groups in total. The van der Waals surface area contributed by atoms with Gasteiger partial charge in [-0.1, -0.05) is 6.92 Å². The average molecular weight is 454 g/mol. The monoisotopic (exact) mass is 454 g/mol. The third kappa shape index (κ3) is 6.98. The van der Waals surface area contributed by atoms with E-state index in [1.165, 1.54) is 38.2 Å². The highest BCUT2D eigenvalue weighted by Gasteiger charge is 2.29. The molecule has 2 aliphatic rings. The van der Waals surface area contributed by atoms with E-state index in [4.69, 9.17) is 4.99 Å². The van der Waals surface area contributed by atoms with Crippen molar-refractivity contribution in [3.8, 4) is 0 Å². The van der Waals surface area contributed by atoms with Crippen LogP contribution in [0.15, 0.2) is 4.99 Å². The van der Waals surface area contributed by atoms with Gasteiger partial charge in [-0.05, 0) is 52.6 Å². The van der Waals surface area contributed by atoms with Gasteiger partial charge in [-0.2, -0.15) is 11.8 Å². The molecule has 0 aromatic heterocycles. The first-order chi connectivity index (χ1) is 10.5. The fourth-order valence-corrected chi connectivity index (χ4v) is 4.54. The lowest BCUT2D eigenvalue weighted by molar-refractivity contribution is 0.186. The average Bonchev–Trinajstić information content (AvgIpc) is 2.50. The van der Waals surface area contributed by atoms with Gasteiger partial charge in [0.25, 0.3) is 0 Å². The van der Waals surface area contributed by atoms with Gasteiger partial charge < -0.3 is 15.1 Å². The smallest absolute Gasteiger partial charge is 0.193 e. The second-order valence-electron chi connectivity index (χ2n) is 7.13. The molecule has 0 aromatic rings. The quantitative estimate of drug-likeness (QED) is 0.402. The SMILES string of the molecule is CCNC(=NCC1CCCN(CC)C1)N1CCSC(C)(C)C1.I. The molecule has 0 radical (unpaired) electrons. The topological polar surface area (TPSA) is 30.9 Å². The Morgan fingerprint density at radius 2 is 2.09 bits per heavy atom. The predicted octanol–water partition coefficient (Wildman–Crippen LogP) is 3.13. The van der Waals surface area contributed by atoms with Crippen LogP contribution >= 0.6 is 35.7 Å². The van der Waals surface area contributed by atoms with E-state index in [9.17, 15) is 0 Å². The third-order valence-corrected chi connectivity index (χ3v) is 5.91. The van der Waals surface area contributed by atoms with E-state index in [1.54, 1.807) is 0 Å². The summed E-state index contributed by atoms with van der Waals surface area (Å²) < 4.78 is 0.332. The molecule has 2 heterocycles.